The second-order valence-corrected chi connectivity index (χ2v) is 4.21. The lowest BCUT2D eigenvalue weighted by Gasteiger charge is -2.11. The highest BCUT2D eigenvalue weighted by molar-refractivity contribution is 6.32. The monoisotopic (exact) mass is 240 g/mol. The number of hydrogen-bond donors (Lipinski definition) is 3. The van der Waals surface area contributed by atoms with Crippen LogP contribution in [-0.4, -0.2) is 23.6 Å². The molecule has 1 aliphatic rings. The van der Waals surface area contributed by atoms with Crippen LogP contribution in [0.1, 0.15) is 12.8 Å². The molecular weight excluding hydrogens is 228 g/mol. The summed E-state index contributed by atoms with van der Waals surface area (Å²) in [5.41, 5.74) is 0.599. The Kier molecular flexibility index (Phi) is 3.31. The minimum Gasteiger partial charge on any atom is -0.506 e. The number of hydrogen-bond acceptors (Lipinski definition) is 3. The maximum absolute atomic E-state index is 11.7. The molecule has 1 atom stereocenters. The zero-order valence-corrected chi connectivity index (χ0v) is 9.42. The third-order valence-electron chi connectivity index (χ3n) is 2.59. The number of anilines is 1. The average molecular weight is 241 g/mol. The van der Waals surface area contributed by atoms with Gasteiger partial charge in [0.2, 0.25) is 5.91 Å². The molecule has 1 aliphatic heterocycles. The summed E-state index contributed by atoms with van der Waals surface area (Å²) >= 11 is 5.74. The summed E-state index contributed by atoms with van der Waals surface area (Å²) in [5.74, 6) is -0.0436. The molecule has 0 saturated carbocycles. The van der Waals surface area contributed by atoms with Gasteiger partial charge in [-0.2, -0.15) is 0 Å². The average Bonchev–Trinajstić information content (AvgIpc) is 2.77. The maximum Gasteiger partial charge on any atom is 0.241 e. The van der Waals surface area contributed by atoms with Crippen LogP contribution in [0.5, 0.6) is 5.75 Å². The lowest BCUT2D eigenvalue weighted by atomic mass is 10.2. The molecule has 0 aromatic heterocycles. The van der Waals surface area contributed by atoms with Gasteiger partial charge in [-0.3, -0.25) is 4.79 Å². The number of phenols is 1. The summed E-state index contributed by atoms with van der Waals surface area (Å²) in [5, 5.41) is 15.3. The van der Waals surface area contributed by atoms with Gasteiger partial charge in [0, 0.05) is 5.69 Å². The van der Waals surface area contributed by atoms with Crippen molar-refractivity contribution in [2.75, 3.05) is 11.9 Å². The summed E-state index contributed by atoms with van der Waals surface area (Å²) in [7, 11) is 0. The molecule has 0 radical (unpaired) electrons. The molecule has 0 aliphatic carbocycles. The summed E-state index contributed by atoms with van der Waals surface area (Å²) in [4.78, 5) is 11.7. The molecule has 0 spiro atoms. The largest absolute Gasteiger partial charge is 0.506 e. The molecule has 3 N–H and O–H groups in total. The molecule has 1 aromatic rings. The molecule has 1 fully saturated rings. The van der Waals surface area contributed by atoms with Gasteiger partial charge in [0.1, 0.15) is 5.75 Å². The van der Waals surface area contributed by atoms with Crippen LogP contribution in [0.3, 0.4) is 0 Å². The molecule has 86 valence electrons. The van der Waals surface area contributed by atoms with E-state index in [1.807, 2.05) is 0 Å². The second-order valence-electron chi connectivity index (χ2n) is 3.80. The van der Waals surface area contributed by atoms with Crippen molar-refractivity contribution in [2.45, 2.75) is 18.9 Å². The quantitative estimate of drug-likeness (QED) is 0.690. The van der Waals surface area contributed by atoms with E-state index < -0.39 is 0 Å². The predicted molar refractivity (Wildman–Crippen MR) is 62.8 cm³/mol. The van der Waals surface area contributed by atoms with Crippen LogP contribution < -0.4 is 10.6 Å². The van der Waals surface area contributed by atoms with E-state index in [9.17, 15) is 9.90 Å². The summed E-state index contributed by atoms with van der Waals surface area (Å²) in [6.45, 7) is 0.883. The highest BCUT2D eigenvalue weighted by Gasteiger charge is 2.21. The van der Waals surface area contributed by atoms with Crippen LogP contribution in [0.15, 0.2) is 18.2 Å². The van der Waals surface area contributed by atoms with Gasteiger partial charge in [-0.1, -0.05) is 11.6 Å². The first-order valence-electron chi connectivity index (χ1n) is 5.19. The number of benzene rings is 1. The second kappa shape index (κ2) is 4.72. The maximum atomic E-state index is 11.7. The van der Waals surface area contributed by atoms with E-state index in [0.717, 1.165) is 19.4 Å². The van der Waals surface area contributed by atoms with E-state index in [4.69, 9.17) is 11.6 Å². The Bertz CT molecular complexity index is 403. The van der Waals surface area contributed by atoms with Crippen molar-refractivity contribution in [2.24, 2.45) is 0 Å². The standard InChI is InChI=1S/C11H13ClN2O2/c12-8-6-7(3-4-10(8)15)14-11(16)9-2-1-5-13-9/h3-4,6,9,13,15H,1-2,5H2,(H,14,16)/t9-/m1/s1. The van der Waals surface area contributed by atoms with E-state index >= 15 is 0 Å². The first-order valence-corrected chi connectivity index (χ1v) is 5.57. The number of carbonyl (C=O) groups excluding carboxylic acids is 1. The fourth-order valence-corrected chi connectivity index (χ4v) is 1.90. The number of amides is 1. The molecule has 2 rings (SSSR count). The Hall–Kier alpha value is -1.26. The third kappa shape index (κ3) is 2.46. The van der Waals surface area contributed by atoms with Crippen LogP contribution in [-0.2, 0) is 4.79 Å². The number of aromatic hydroxyl groups is 1. The Balaban J connectivity index is 2.02. The number of phenolic OH excluding ortho intramolecular Hbond substituents is 1. The molecular formula is C11H13ClN2O2. The van der Waals surface area contributed by atoms with Crippen molar-refractivity contribution in [1.82, 2.24) is 5.32 Å². The number of halogens is 1. The molecule has 0 unspecified atom stereocenters. The Morgan fingerprint density at radius 3 is 3.00 bits per heavy atom. The Labute approximate surface area is 98.6 Å². The number of nitrogens with one attached hydrogen (secondary N) is 2. The molecule has 1 saturated heterocycles. The van der Waals surface area contributed by atoms with Gasteiger partial charge < -0.3 is 15.7 Å². The molecule has 5 heteroatoms. The van der Waals surface area contributed by atoms with Gasteiger partial charge >= 0.3 is 0 Å². The van der Waals surface area contributed by atoms with E-state index in [0.29, 0.717) is 5.69 Å². The summed E-state index contributed by atoms with van der Waals surface area (Å²) in [6.07, 6.45) is 1.88. The van der Waals surface area contributed by atoms with Crippen molar-refractivity contribution >= 4 is 23.2 Å². The van der Waals surface area contributed by atoms with E-state index in [2.05, 4.69) is 10.6 Å². The van der Waals surface area contributed by atoms with Crippen LogP contribution in [0.2, 0.25) is 5.02 Å². The zero-order valence-electron chi connectivity index (χ0n) is 8.66. The van der Waals surface area contributed by atoms with Crippen molar-refractivity contribution in [3.8, 4) is 5.75 Å². The molecule has 4 nitrogen and oxygen atoms in total. The minimum absolute atomic E-state index is 0.0126. The number of rotatable bonds is 2. The van der Waals surface area contributed by atoms with Gasteiger partial charge in [-0.25, -0.2) is 0 Å². The van der Waals surface area contributed by atoms with Crippen molar-refractivity contribution in [3.05, 3.63) is 23.2 Å². The highest BCUT2D eigenvalue weighted by Crippen LogP contribution is 2.26. The third-order valence-corrected chi connectivity index (χ3v) is 2.89. The predicted octanol–water partition coefficient (Wildman–Crippen LogP) is 1.74. The van der Waals surface area contributed by atoms with Crippen LogP contribution in [0.4, 0.5) is 5.69 Å². The molecule has 0 bridgehead atoms. The zero-order chi connectivity index (χ0) is 11.5. The van der Waals surface area contributed by atoms with Crippen LogP contribution >= 0.6 is 11.6 Å². The molecule has 16 heavy (non-hydrogen) atoms. The first kappa shape index (κ1) is 11.2. The first-order chi connectivity index (χ1) is 7.66. The van der Waals surface area contributed by atoms with Crippen LogP contribution in [0, 0.1) is 0 Å². The van der Waals surface area contributed by atoms with Crippen LogP contribution in [0.25, 0.3) is 0 Å². The topological polar surface area (TPSA) is 61.4 Å². The smallest absolute Gasteiger partial charge is 0.241 e. The molecule has 1 heterocycles. The highest BCUT2D eigenvalue weighted by atomic mass is 35.5. The van der Waals surface area contributed by atoms with Crippen molar-refractivity contribution in [3.63, 3.8) is 0 Å². The lowest BCUT2D eigenvalue weighted by Crippen LogP contribution is -2.35. The normalized spacial score (nSPS) is 19.7. The number of carbonyl (C=O) groups is 1. The van der Waals surface area contributed by atoms with E-state index in [-0.39, 0.29) is 22.7 Å². The van der Waals surface area contributed by atoms with E-state index in [1.54, 1.807) is 6.07 Å². The van der Waals surface area contributed by atoms with Crippen molar-refractivity contribution in [1.29, 1.82) is 0 Å². The van der Waals surface area contributed by atoms with Gasteiger partial charge in [0.05, 0.1) is 11.1 Å². The van der Waals surface area contributed by atoms with Gasteiger partial charge in [0.15, 0.2) is 0 Å². The molecule has 1 amide bonds. The van der Waals surface area contributed by atoms with Gasteiger partial charge in [-0.05, 0) is 37.6 Å². The summed E-state index contributed by atoms with van der Waals surface area (Å²) < 4.78 is 0. The van der Waals surface area contributed by atoms with Gasteiger partial charge in [0.25, 0.3) is 0 Å². The van der Waals surface area contributed by atoms with E-state index in [1.165, 1.54) is 12.1 Å². The summed E-state index contributed by atoms with van der Waals surface area (Å²) in [6, 6.07) is 4.49. The fourth-order valence-electron chi connectivity index (χ4n) is 1.72. The van der Waals surface area contributed by atoms with Gasteiger partial charge in [-0.15, -0.1) is 0 Å². The Morgan fingerprint density at radius 2 is 2.38 bits per heavy atom. The fraction of sp³-hybridized carbons (Fsp3) is 0.364. The minimum atomic E-state index is -0.118. The molecule has 1 aromatic carbocycles. The SMILES string of the molecule is O=C(Nc1ccc(O)c(Cl)c1)[C@H]1CCCN1. The lowest BCUT2D eigenvalue weighted by molar-refractivity contribution is -0.117. The van der Waals surface area contributed by atoms with Crippen molar-refractivity contribution < 1.29 is 9.90 Å². The Morgan fingerprint density at radius 1 is 1.56 bits per heavy atom.